The zero-order chi connectivity index (χ0) is 17.2. The fraction of sp³-hybridized carbons (Fsp3) is 0.250. The Morgan fingerprint density at radius 1 is 1.24 bits per heavy atom. The van der Waals surface area contributed by atoms with E-state index in [0.29, 0.717) is 5.69 Å². The Morgan fingerprint density at radius 2 is 2.12 bits per heavy atom. The third-order valence-electron chi connectivity index (χ3n) is 4.72. The van der Waals surface area contributed by atoms with Gasteiger partial charge >= 0.3 is 0 Å². The van der Waals surface area contributed by atoms with Gasteiger partial charge in [0.25, 0.3) is 5.91 Å². The summed E-state index contributed by atoms with van der Waals surface area (Å²) in [6, 6.07) is 11.5. The molecule has 0 fully saturated rings. The number of carbonyl (C=O) groups is 1. The smallest absolute Gasteiger partial charge is 0.256 e. The van der Waals surface area contributed by atoms with Crippen molar-refractivity contribution in [3.8, 4) is 0 Å². The standard InChI is InChI=1S/C20H20N4O/c1-2-24-11-9-18-16(13-24)19(15-7-3-4-8-17(15)23-18)20(25)22-14-6-5-10-21-12-14/h3-8,10,12H,2,9,11,13H2,1H3,(H,22,25). The number of nitrogens with zero attached hydrogens (tertiary/aromatic N) is 3. The molecule has 1 aliphatic heterocycles. The Kier molecular flexibility index (Phi) is 4.15. The van der Waals surface area contributed by atoms with Crippen LogP contribution in [0.2, 0.25) is 0 Å². The SMILES string of the molecule is CCN1CCc2nc3ccccc3c(C(=O)Nc3cccnc3)c2C1. The van der Waals surface area contributed by atoms with Crippen molar-refractivity contribution >= 4 is 22.5 Å². The number of hydrogen-bond donors (Lipinski definition) is 1. The van der Waals surface area contributed by atoms with Crippen molar-refractivity contribution in [3.05, 3.63) is 65.6 Å². The minimum absolute atomic E-state index is 0.0965. The number of nitrogens with one attached hydrogen (secondary N) is 1. The number of amides is 1. The number of pyridine rings is 2. The second-order valence-corrected chi connectivity index (χ2v) is 6.24. The molecule has 1 N–H and O–H groups in total. The van der Waals surface area contributed by atoms with Crippen LogP contribution < -0.4 is 5.32 Å². The van der Waals surface area contributed by atoms with Crippen LogP contribution in [0.25, 0.3) is 10.9 Å². The van der Waals surface area contributed by atoms with Gasteiger partial charge in [-0.1, -0.05) is 25.1 Å². The Labute approximate surface area is 146 Å². The van der Waals surface area contributed by atoms with E-state index >= 15 is 0 Å². The molecule has 1 aromatic carbocycles. The molecule has 126 valence electrons. The van der Waals surface area contributed by atoms with Crippen LogP contribution in [-0.4, -0.2) is 33.9 Å². The summed E-state index contributed by atoms with van der Waals surface area (Å²) in [5.41, 5.74) is 4.41. The minimum Gasteiger partial charge on any atom is -0.321 e. The van der Waals surface area contributed by atoms with Crippen molar-refractivity contribution in [2.75, 3.05) is 18.4 Å². The average molecular weight is 332 g/mol. The molecule has 3 aromatic rings. The first kappa shape index (κ1) is 15.7. The number of carbonyl (C=O) groups excluding carboxylic acids is 1. The number of benzene rings is 1. The molecular weight excluding hydrogens is 312 g/mol. The second-order valence-electron chi connectivity index (χ2n) is 6.24. The molecule has 25 heavy (non-hydrogen) atoms. The Hall–Kier alpha value is -2.79. The summed E-state index contributed by atoms with van der Waals surface area (Å²) in [4.78, 5) is 24.3. The lowest BCUT2D eigenvalue weighted by molar-refractivity contribution is 0.102. The van der Waals surface area contributed by atoms with E-state index in [1.165, 1.54) is 0 Å². The molecule has 1 amide bonds. The van der Waals surface area contributed by atoms with E-state index in [2.05, 4.69) is 22.1 Å². The zero-order valence-corrected chi connectivity index (χ0v) is 14.2. The molecule has 0 aliphatic carbocycles. The van der Waals surface area contributed by atoms with E-state index < -0.39 is 0 Å². The summed E-state index contributed by atoms with van der Waals surface area (Å²) in [7, 11) is 0. The number of hydrogen-bond acceptors (Lipinski definition) is 4. The molecular formula is C20H20N4O. The predicted octanol–water partition coefficient (Wildman–Crippen LogP) is 3.26. The summed E-state index contributed by atoms with van der Waals surface area (Å²) in [6.45, 7) is 4.86. The highest BCUT2D eigenvalue weighted by Gasteiger charge is 2.25. The predicted molar refractivity (Wildman–Crippen MR) is 98.6 cm³/mol. The van der Waals surface area contributed by atoms with Crippen LogP contribution in [0.15, 0.2) is 48.8 Å². The molecule has 0 spiro atoms. The third-order valence-corrected chi connectivity index (χ3v) is 4.72. The Bertz CT molecular complexity index is 924. The van der Waals surface area contributed by atoms with Gasteiger partial charge < -0.3 is 5.32 Å². The highest BCUT2D eigenvalue weighted by atomic mass is 16.1. The molecule has 3 heterocycles. The second kappa shape index (κ2) is 6.61. The maximum absolute atomic E-state index is 13.1. The summed E-state index contributed by atoms with van der Waals surface area (Å²) < 4.78 is 0. The molecule has 1 aliphatic rings. The normalized spacial score (nSPS) is 14.3. The van der Waals surface area contributed by atoms with Gasteiger partial charge in [-0.3, -0.25) is 19.7 Å². The van der Waals surface area contributed by atoms with Crippen molar-refractivity contribution in [1.82, 2.24) is 14.9 Å². The van der Waals surface area contributed by atoms with Gasteiger partial charge in [0.1, 0.15) is 0 Å². The highest BCUT2D eigenvalue weighted by molar-refractivity contribution is 6.13. The van der Waals surface area contributed by atoms with E-state index in [1.54, 1.807) is 12.4 Å². The van der Waals surface area contributed by atoms with Crippen LogP contribution in [0.1, 0.15) is 28.5 Å². The van der Waals surface area contributed by atoms with Gasteiger partial charge in [-0.2, -0.15) is 0 Å². The van der Waals surface area contributed by atoms with Crippen LogP contribution in [0, 0.1) is 0 Å². The van der Waals surface area contributed by atoms with E-state index in [0.717, 1.165) is 53.8 Å². The maximum atomic E-state index is 13.1. The van der Waals surface area contributed by atoms with E-state index in [9.17, 15) is 4.79 Å². The molecule has 0 unspecified atom stereocenters. The Balaban J connectivity index is 1.84. The Morgan fingerprint density at radius 3 is 2.92 bits per heavy atom. The van der Waals surface area contributed by atoms with E-state index in [4.69, 9.17) is 4.98 Å². The largest absolute Gasteiger partial charge is 0.321 e. The number of likely N-dealkylation sites (N-methyl/N-ethyl adjacent to an activating group) is 1. The van der Waals surface area contributed by atoms with E-state index in [1.807, 2.05) is 36.4 Å². The lowest BCUT2D eigenvalue weighted by Crippen LogP contribution is -2.33. The number of anilines is 1. The van der Waals surface area contributed by atoms with Crippen molar-refractivity contribution in [3.63, 3.8) is 0 Å². The number of fused-ring (bicyclic) bond motifs is 2. The lowest BCUT2D eigenvalue weighted by atomic mass is 9.95. The van der Waals surface area contributed by atoms with Crippen LogP contribution >= 0.6 is 0 Å². The lowest BCUT2D eigenvalue weighted by Gasteiger charge is -2.29. The first-order valence-electron chi connectivity index (χ1n) is 8.60. The van der Waals surface area contributed by atoms with Gasteiger partial charge in [-0.15, -0.1) is 0 Å². The molecule has 2 aromatic heterocycles. The number of aromatic nitrogens is 2. The monoisotopic (exact) mass is 332 g/mol. The first-order chi connectivity index (χ1) is 12.3. The van der Waals surface area contributed by atoms with Gasteiger partial charge in [-0.25, -0.2) is 0 Å². The van der Waals surface area contributed by atoms with Gasteiger partial charge in [0.15, 0.2) is 0 Å². The van der Waals surface area contributed by atoms with Gasteiger partial charge in [0.05, 0.1) is 23.0 Å². The molecule has 5 heteroatoms. The topological polar surface area (TPSA) is 58.1 Å². The van der Waals surface area contributed by atoms with Crippen LogP contribution in [0.3, 0.4) is 0 Å². The third kappa shape index (κ3) is 2.98. The van der Waals surface area contributed by atoms with Gasteiger partial charge in [0, 0.05) is 42.4 Å². The minimum atomic E-state index is -0.0965. The van der Waals surface area contributed by atoms with Gasteiger partial charge in [-0.05, 0) is 24.7 Å². The van der Waals surface area contributed by atoms with E-state index in [-0.39, 0.29) is 5.91 Å². The van der Waals surface area contributed by atoms with Crippen LogP contribution in [0.5, 0.6) is 0 Å². The molecule has 0 radical (unpaired) electrons. The molecule has 4 rings (SSSR count). The first-order valence-corrected chi connectivity index (χ1v) is 8.60. The summed E-state index contributed by atoms with van der Waals surface area (Å²) in [6.07, 6.45) is 4.23. The molecule has 0 saturated carbocycles. The summed E-state index contributed by atoms with van der Waals surface area (Å²) in [5.74, 6) is -0.0965. The maximum Gasteiger partial charge on any atom is 0.256 e. The molecule has 5 nitrogen and oxygen atoms in total. The highest BCUT2D eigenvalue weighted by Crippen LogP contribution is 2.28. The van der Waals surface area contributed by atoms with Crippen molar-refractivity contribution in [2.24, 2.45) is 0 Å². The molecule has 0 bridgehead atoms. The molecule has 0 atom stereocenters. The summed E-state index contributed by atoms with van der Waals surface area (Å²) in [5, 5.41) is 3.89. The molecule has 0 saturated heterocycles. The van der Waals surface area contributed by atoms with Crippen molar-refractivity contribution in [2.45, 2.75) is 19.9 Å². The van der Waals surface area contributed by atoms with Crippen LogP contribution in [0.4, 0.5) is 5.69 Å². The fourth-order valence-corrected chi connectivity index (χ4v) is 3.41. The van der Waals surface area contributed by atoms with Gasteiger partial charge in [0.2, 0.25) is 0 Å². The summed E-state index contributed by atoms with van der Waals surface area (Å²) >= 11 is 0. The quantitative estimate of drug-likeness (QED) is 0.800. The fourth-order valence-electron chi connectivity index (χ4n) is 3.41. The number of para-hydroxylation sites is 1. The van der Waals surface area contributed by atoms with Crippen molar-refractivity contribution in [1.29, 1.82) is 0 Å². The van der Waals surface area contributed by atoms with Crippen molar-refractivity contribution < 1.29 is 4.79 Å². The zero-order valence-electron chi connectivity index (χ0n) is 14.2. The number of rotatable bonds is 3. The average Bonchev–Trinajstić information content (AvgIpc) is 2.66. The van der Waals surface area contributed by atoms with Crippen LogP contribution in [-0.2, 0) is 13.0 Å².